The van der Waals surface area contributed by atoms with Gasteiger partial charge in [-0.2, -0.15) is 0 Å². The molecule has 3 nitrogen and oxygen atoms in total. The Balaban J connectivity index is 2.68. The molecular formula is C8H7ClN2O. The summed E-state index contributed by atoms with van der Waals surface area (Å²) < 4.78 is 0. The fourth-order valence-electron chi connectivity index (χ4n) is 1.30. The van der Waals surface area contributed by atoms with Gasteiger partial charge in [-0.1, -0.05) is 11.6 Å². The highest BCUT2D eigenvalue weighted by atomic mass is 35.5. The van der Waals surface area contributed by atoms with E-state index in [1.807, 2.05) is 6.92 Å². The number of halogens is 1. The van der Waals surface area contributed by atoms with Gasteiger partial charge in [-0.25, -0.2) is 4.98 Å². The fourth-order valence-corrected chi connectivity index (χ4v) is 1.60. The van der Waals surface area contributed by atoms with Crippen molar-refractivity contribution in [3.05, 3.63) is 28.0 Å². The van der Waals surface area contributed by atoms with Gasteiger partial charge in [0.1, 0.15) is 5.15 Å². The maximum Gasteiger partial charge on any atom is 0.252 e. The third-order valence-corrected chi connectivity index (χ3v) is 2.18. The lowest BCUT2D eigenvalue weighted by Crippen LogP contribution is -2.12. The molecule has 1 aliphatic rings. The van der Waals surface area contributed by atoms with Crippen LogP contribution in [-0.4, -0.2) is 10.9 Å². The molecule has 4 heteroatoms. The molecular weight excluding hydrogens is 176 g/mol. The zero-order chi connectivity index (χ0) is 8.72. The SMILES string of the molecule is Cc1cc2c(c(Cl)n1)CNC2=O. The predicted molar refractivity (Wildman–Crippen MR) is 45.2 cm³/mol. The van der Waals surface area contributed by atoms with Crippen LogP contribution in [0.15, 0.2) is 6.07 Å². The third kappa shape index (κ3) is 0.975. The molecule has 1 aromatic rings. The Bertz CT molecular complexity index is 362. The molecule has 1 amide bonds. The van der Waals surface area contributed by atoms with Gasteiger partial charge in [0.2, 0.25) is 0 Å². The maximum atomic E-state index is 11.2. The highest BCUT2D eigenvalue weighted by Gasteiger charge is 2.22. The van der Waals surface area contributed by atoms with E-state index in [4.69, 9.17) is 11.6 Å². The molecule has 12 heavy (non-hydrogen) atoms. The van der Waals surface area contributed by atoms with E-state index in [1.54, 1.807) is 6.07 Å². The predicted octanol–water partition coefficient (Wildman–Crippen LogP) is 1.29. The van der Waals surface area contributed by atoms with Crippen molar-refractivity contribution in [3.8, 4) is 0 Å². The van der Waals surface area contributed by atoms with Crippen molar-refractivity contribution in [1.82, 2.24) is 10.3 Å². The molecule has 62 valence electrons. The zero-order valence-electron chi connectivity index (χ0n) is 6.52. The van der Waals surface area contributed by atoms with Crippen LogP contribution in [-0.2, 0) is 6.54 Å². The van der Waals surface area contributed by atoms with E-state index in [2.05, 4.69) is 10.3 Å². The Morgan fingerprint density at radius 3 is 3.17 bits per heavy atom. The van der Waals surface area contributed by atoms with Gasteiger partial charge in [0.15, 0.2) is 0 Å². The lowest BCUT2D eigenvalue weighted by atomic mass is 10.1. The van der Waals surface area contributed by atoms with Crippen LogP contribution in [0.2, 0.25) is 5.15 Å². The maximum absolute atomic E-state index is 11.2. The molecule has 2 heterocycles. The summed E-state index contributed by atoms with van der Waals surface area (Å²) in [5.74, 6) is -0.0580. The van der Waals surface area contributed by atoms with E-state index in [0.29, 0.717) is 17.3 Å². The standard InChI is InChI=1S/C8H7ClN2O/c1-4-2-5-6(7(9)11-4)3-10-8(5)12/h2H,3H2,1H3,(H,10,12). The molecule has 0 fully saturated rings. The zero-order valence-corrected chi connectivity index (χ0v) is 7.27. The summed E-state index contributed by atoms with van der Waals surface area (Å²) in [6, 6.07) is 1.75. The van der Waals surface area contributed by atoms with Crippen LogP contribution < -0.4 is 5.32 Å². The lowest BCUT2D eigenvalue weighted by molar-refractivity contribution is 0.0965. The first-order chi connectivity index (χ1) is 5.68. The van der Waals surface area contributed by atoms with Gasteiger partial charge >= 0.3 is 0 Å². The first-order valence-corrected chi connectivity index (χ1v) is 4.00. The van der Waals surface area contributed by atoms with Gasteiger partial charge in [-0.3, -0.25) is 4.79 Å². The molecule has 1 aromatic heterocycles. The molecule has 0 radical (unpaired) electrons. The average molecular weight is 183 g/mol. The number of pyridine rings is 1. The van der Waals surface area contributed by atoms with E-state index in [-0.39, 0.29) is 5.91 Å². The number of nitrogens with zero attached hydrogens (tertiary/aromatic N) is 1. The van der Waals surface area contributed by atoms with E-state index in [9.17, 15) is 4.79 Å². The number of rotatable bonds is 0. The van der Waals surface area contributed by atoms with Crippen LogP contribution in [0.1, 0.15) is 21.6 Å². The number of hydrogen-bond donors (Lipinski definition) is 1. The second-order valence-electron chi connectivity index (χ2n) is 2.76. The van der Waals surface area contributed by atoms with Crippen molar-refractivity contribution in [2.24, 2.45) is 0 Å². The van der Waals surface area contributed by atoms with Crippen LogP contribution in [0, 0.1) is 6.92 Å². The number of carbonyl (C=O) groups is 1. The minimum Gasteiger partial charge on any atom is -0.348 e. The lowest BCUT2D eigenvalue weighted by Gasteiger charge is -1.99. The summed E-state index contributed by atoms with van der Waals surface area (Å²) in [6.45, 7) is 2.32. The number of aromatic nitrogens is 1. The second-order valence-corrected chi connectivity index (χ2v) is 3.12. The monoisotopic (exact) mass is 182 g/mol. The molecule has 0 atom stereocenters. The van der Waals surface area contributed by atoms with Crippen LogP contribution in [0.5, 0.6) is 0 Å². The number of amides is 1. The largest absolute Gasteiger partial charge is 0.348 e. The fraction of sp³-hybridized carbons (Fsp3) is 0.250. The van der Waals surface area contributed by atoms with Crippen molar-refractivity contribution in [2.45, 2.75) is 13.5 Å². The van der Waals surface area contributed by atoms with E-state index in [0.717, 1.165) is 11.3 Å². The molecule has 1 aliphatic heterocycles. The Hall–Kier alpha value is -1.09. The highest BCUT2D eigenvalue weighted by Crippen LogP contribution is 2.22. The van der Waals surface area contributed by atoms with Crippen molar-refractivity contribution < 1.29 is 4.79 Å². The van der Waals surface area contributed by atoms with E-state index >= 15 is 0 Å². The van der Waals surface area contributed by atoms with Gasteiger partial charge in [-0.05, 0) is 13.0 Å². The second kappa shape index (κ2) is 2.45. The summed E-state index contributed by atoms with van der Waals surface area (Å²) >= 11 is 5.84. The molecule has 1 N–H and O–H groups in total. The summed E-state index contributed by atoms with van der Waals surface area (Å²) in [5, 5.41) is 3.12. The number of fused-ring (bicyclic) bond motifs is 1. The van der Waals surface area contributed by atoms with Crippen LogP contribution in [0.4, 0.5) is 0 Å². The molecule has 2 rings (SSSR count). The van der Waals surface area contributed by atoms with Gasteiger partial charge in [0, 0.05) is 23.4 Å². The first kappa shape index (κ1) is 7.55. The van der Waals surface area contributed by atoms with Crippen LogP contribution in [0.3, 0.4) is 0 Å². The average Bonchev–Trinajstić information content (AvgIpc) is 2.33. The smallest absolute Gasteiger partial charge is 0.252 e. The molecule has 0 unspecified atom stereocenters. The van der Waals surface area contributed by atoms with E-state index in [1.165, 1.54) is 0 Å². The minimum atomic E-state index is -0.0580. The van der Waals surface area contributed by atoms with Crippen LogP contribution >= 0.6 is 11.6 Å². The number of aryl methyl sites for hydroxylation is 1. The summed E-state index contributed by atoms with van der Waals surface area (Å²) in [6.07, 6.45) is 0. The normalized spacial score (nSPS) is 14.3. The quantitative estimate of drug-likeness (QED) is 0.615. The molecule has 0 saturated heterocycles. The topological polar surface area (TPSA) is 42.0 Å². The molecule has 0 aromatic carbocycles. The van der Waals surface area contributed by atoms with Crippen LogP contribution in [0.25, 0.3) is 0 Å². The summed E-state index contributed by atoms with van der Waals surface area (Å²) in [4.78, 5) is 15.2. The minimum absolute atomic E-state index is 0.0580. The Kier molecular flexibility index (Phi) is 1.54. The first-order valence-electron chi connectivity index (χ1n) is 3.62. The molecule has 0 saturated carbocycles. The highest BCUT2D eigenvalue weighted by molar-refractivity contribution is 6.31. The number of carbonyl (C=O) groups excluding carboxylic acids is 1. The van der Waals surface area contributed by atoms with E-state index < -0.39 is 0 Å². The molecule has 0 spiro atoms. The Labute approximate surface area is 74.8 Å². The van der Waals surface area contributed by atoms with Gasteiger partial charge in [-0.15, -0.1) is 0 Å². The van der Waals surface area contributed by atoms with Crippen molar-refractivity contribution >= 4 is 17.5 Å². The van der Waals surface area contributed by atoms with Crippen molar-refractivity contribution in [2.75, 3.05) is 0 Å². The molecule has 0 bridgehead atoms. The van der Waals surface area contributed by atoms with Gasteiger partial charge < -0.3 is 5.32 Å². The Morgan fingerprint density at radius 2 is 2.42 bits per heavy atom. The Morgan fingerprint density at radius 1 is 1.67 bits per heavy atom. The van der Waals surface area contributed by atoms with Gasteiger partial charge in [0.05, 0.1) is 0 Å². The third-order valence-electron chi connectivity index (χ3n) is 1.87. The van der Waals surface area contributed by atoms with Crippen molar-refractivity contribution in [3.63, 3.8) is 0 Å². The van der Waals surface area contributed by atoms with Crippen molar-refractivity contribution in [1.29, 1.82) is 0 Å². The molecule has 0 aliphatic carbocycles. The summed E-state index contributed by atoms with van der Waals surface area (Å²) in [7, 11) is 0. The van der Waals surface area contributed by atoms with Gasteiger partial charge in [0.25, 0.3) is 5.91 Å². The number of hydrogen-bond acceptors (Lipinski definition) is 2. The summed E-state index contributed by atoms with van der Waals surface area (Å²) in [5.41, 5.74) is 2.25. The number of nitrogens with one attached hydrogen (secondary N) is 1.